The van der Waals surface area contributed by atoms with E-state index in [0.717, 1.165) is 6.92 Å². The van der Waals surface area contributed by atoms with Gasteiger partial charge in [-0.3, -0.25) is 14.5 Å². The molecule has 0 unspecified atom stereocenters. The van der Waals surface area contributed by atoms with E-state index in [1.807, 2.05) is 0 Å². The fourth-order valence-electron chi connectivity index (χ4n) is 3.30. The highest BCUT2D eigenvalue weighted by molar-refractivity contribution is 7.92. The van der Waals surface area contributed by atoms with Crippen molar-refractivity contribution in [1.29, 1.82) is 0 Å². The van der Waals surface area contributed by atoms with Crippen molar-refractivity contribution in [2.24, 2.45) is 5.92 Å². The van der Waals surface area contributed by atoms with Crippen LogP contribution >= 0.6 is 11.6 Å². The van der Waals surface area contributed by atoms with Crippen molar-refractivity contribution in [2.75, 3.05) is 0 Å². The third-order valence-electron chi connectivity index (χ3n) is 4.33. The Morgan fingerprint density at radius 3 is 2.45 bits per heavy atom. The van der Waals surface area contributed by atoms with Gasteiger partial charge < -0.3 is 0 Å². The van der Waals surface area contributed by atoms with Gasteiger partial charge in [-0.15, -0.1) is 11.6 Å². The summed E-state index contributed by atoms with van der Waals surface area (Å²) in [5.74, 6) is -2.28. The Balaban J connectivity index is 2.14. The summed E-state index contributed by atoms with van der Waals surface area (Å²) < 4.78 is 41.0. The second-order valence-electron chi connectivity index (χ2n) is 5.50. The monoisotopic (exact) mass is 345 g/mol. The molecule has 1 aliphatic carbocycles. The molecule has 4 atom stereocenters. The fourth-order valence-corrected chi connectivity index (χ4v) is 5.91. The van der Waals surface area contributed by atoms with Gasteiger partial charge in [-0.1, -0.05) is 18.2 Å². The van der Waals surface area contributed by atoms with Gasteiger partial charge in [-0.25, -0.2) is 12.8 Å². The lowest BCUT2D eigenvalue weighted by atomic mass is 10.1. The van der Waals surface area contributed by atoms with Crippen LogP contribution in [0.15, 0.2) is 35.2 Å². The maximum absolute atomic E-state index is 15.6. The number of hydrogen-bond donors (Lipinski definition) is 0. The lowest BCUT2D eigenvalue weighted by Crippen LogP contribution is -2.61. The Morgan fingerprint density at radius 2 is 1.95 bits per heavy atom. The first kappa shape index (κ1) is 15.4. The molecule has 0 N–H and O–H groups in total. The van der Waals surface area contributed by atoms with Crippen molar-refractivity contribution >= 4 is 33.3 Å². The Morgan fingerprint density at radius 1 is 1.36 bits per heavy atom. The van der Waals surface area contributed by atoms with Crippen molar-refractivity contribution in [3.8, 4) is 0 Å². The first-order valence-electron chi connectivity index (χ1n) is 6.69. The Hall–Kier alpha value is -1.47. The number of sulfone groups is 1. The number of fused-ring (bicyclic) bond motifs is 2. The Bertz CT molecular complexity index is 753. The second-order valence-corrected chi connectivity index (χ2v) is 8.08. The molecule has 2 bridgehead atoms. The number of carbonyl (C=O) groups is 2. The van der Waals surface area contributed by atoms with E-state index in [1.165, 1.54) is 24.3 Å². The van der Waals surface area contributed by atoms with E-state index in [4.69, 9.17) is 11.6 Å². The van der Waals surface area contributed by atoms with Crippen molar-refractivity contribution in [1.82, 2.24) is 4.90 Å². The topological polar surface area (TPSA) is 71.5 Å². The van der Waals surface area contributed by atoms with Crippen LogP contribution in [0.25, 0.3) is 0 Å². The first-order chi connectivity index (χ1) is 10.2. The number of carbonyl (C=O) groups excluding carboxylic acids is 2. The molecule has 1 saturated carbocycles. The first-order valence-corrected chi connectivity index (χ1v) is 8.61. The largest absolute Gasteiger partial charge is 0.275 e. The van der Waals surface area contributed by atoms with Gasteiger partial charge >= 0.3 is 0 Å². The smallest absolute Gasteiger partial charge is 0.252 e. The van der Waals surface area contributed by atoms with Crippen LogP contribution in [0.2, 0.25) is 0 Å². The molecule has 2 aliphatic rings. The van der Waals surface area contributed by atoms with Crippen LogP contribution < -0.4 is 0 Å². The van der Waals surface area contributed by atoms with Crippen LogP contribution in [0.5, 0.6) is 0 Å². The molecule has 0 radical (unpaired) electrons. The van der Waals surface area contributed by atoms with Gasteiger partial charge in [0.2, 0.25) is 21.7 Å². The van der Waals surface area contributed by atoms with Gasteiger partial charge in [0.05, 0.1) is 22.2 Å². The minimum atomic E-state index is -4.45. The fraction of sp³-hybridized carbons (Fsp3) is 0.429. The Kier molecular flexibility index (Phi) is 3.34. The molecule has 0 aromatic heterocycles. The van der Waals surface area contributed by atoms with Crippen LogP contribution in [0.1, 0.15) is 13.3 Å². The number of nitrogens with zero attached hydrogens (tertiary/aromatic N) is 1. The molecule has 1 saturated heterocycles. The molecular formula is C14H13ClFNO4S. The molecular weight excluding hydrogens is 333 g/mol. The summed E-state index contributed by atoms with van der Waals surface area (Å²) in [4.78, 5) is 24.1. The molecule has 8 heteroatoms. The van der Waals surface area contributed by atoms with Gasteiger partial charge in [0, 0.05) is 6.92 Å². The number of rotatable bonds is 2. The average molecular weight is 346 g/mol. The zero-order valence-corrected chi connectivity index (χ0v) is 13.1. The van der Waals surface area contributed by atoms with Crippen LogP contribution in [0.3, 0.4) is 0 Å². The van der Waals surface area contributed by atoms with Gasteiger partial charge in [0.25, 0.3) is 5.00 Å². The molecule has 3 rings (SSSR count). The van der Waals surface area contributed by atoms with Crippen molar-refractivity contribution in [3.05, 3.63) is 30.3 Å². The van der Waals surface area contributed by atoms with E-state index in [1.54, 1.807) is 6.07 Å². The summed E-state index contributed by atoms with van der Waals surface area (Å²) in [5.41, 5.74) is 0. The summed E-state index contributed by atoms with van der Waals surface area (Å²) in [7, 11) is -4.45. The normalized spacial score (nSPS) is 34.2. The molecule has 2 amide bonds. The van der Waals surface area contributed by atoms with E-state index in [9.17, 15) is 18.0 Å². The van der Waals surface area contributed by atoms with Crippen LogP contribution in [-0.4, -0.2) is 41.6 Å². The van der Waals surface area contributed by atoms with Gasteiger partial charge in [0.15, 0.2) is 0 Å². The van der Waals surface area contributed by atoms with E-state index in [-0.39, 0.29) is 11.3 Å². The number of halogens is 2. The minimum Gasteiger partial charge on any atom is -0.275 e. The summed E-state index contributed by atoms with van der Waals surface area (Å²) in [6, 6.07) is 5.71. The van der Waals surface area contributed by atoms with Gasteiger partial charge in [-0.2, -0.15) is 0 Å². The number of hydrogen-bond acceptors (Lipinski definition) is 4. The molecule has 1 aromatic rings. The predicted molar refractivity (Wildman–Crippen MR) is 76.5 cm³/mol. The summed E-state index contributed by atoms with van der Waals surface area (Å²) >= 11 is 6.00. The Labute approximate surface area is 132 Å². The van der Waals surface area contributed by atoms with Crippen LogP contribution in [0.4, 0.5) is 4.39 Å². The number of imide groups is 1. The molecule has 1 aliphatic heterocycles. The highest BCUT2D eigenvalue weighted by atomic mass is 35.5. The SMILES string of the molecule is CC(=O)N1C(=O)[C@@H]2C[C@H]1[C@](F)(S(=O)(=O)c1ccccc1)[C@H]2Cl. The zero-order chi connectivity index (χ0) is 16.3. The third kappa shape index (κ3) is 1.72. The van der Waals surface area contributed by atoms with Crippen molar-refractivity contribution in [2.45, 2.75) is 34.7 Å². The van der Waals surface area contributed by atoms with E-state index < -0.39 is 44.0 Å². The zero-order valence-electron chi connectivity index (χ0n) is 11.6. The van der Waals surface area contributed by atoms with E-state index in [0.29, 0.717) is 4.90 Å². The highest BCUT2D eigenvalue weighted by Gasteiger charge is 2.72. The molecule has 118 valence electrons. The van der Waals surface area contributed by atoms with E-state index in [2.05, 4.69) is 0 Å². The van der Waals surface area contributed by atoms with Crippen molar-refractivity contribution in [3.63, 3.8) is 0 Å². The molecule has 0 spiro atoms. The average Bonchev–Trinajstić information content (AvgIpc) is 2.95. The molecule has 2 fully saturated rings. The lowest BCUT2D eigenvalue weighted by molar-refractivity contribution is -0.148. The number of amides is 2. The maximum atomic E-state index is 15.6. The summed E-state index contributed by atoms with van der Waals surface area (Å²) in [5, 5.41) is -4.38. The molecule has 1 heterocycles. The quantitative estimate of drug-likeness (QED) is 0.762. The standard InChI is InChI=1S/C14H13ClFNO4S/c1-8(18)17-11-7-10(13(17)19)12(15)14(11,16)22(20,21)9-5-3-2-4-6-9/h2-6,10-12H,7H2,1H3/t10-,11+,12+,14+/m1/s1. The van der Waals surface area contributed by atoms with Crippen molar-refractivity contribution < 1.29 is 22.4 Å². The van der Waals surface area contributed by atoms with Gasteiger partial charge in [-0.05, 0) is 18.6 Å². The van der Waals surface area contributed by atoms with Crippen LogP contribution in [-0.2, 0) is 19.4 Å². The minimum absolute atomic E-state index is 0.0743. The lowest BCUT2D eigenvalue weighted by Gasteiger charge is -2.38. The highest BCUT2D eigenvalue weighted by Crippen LogP contribution is 2.54. The number of benzene rings is 1. The molecule has 22 heavy (non-hydrogen) atoms. The predicted octanol–water partition coefficient (Wildman–Crippen LogP) is 1.51. The van der Waals surface area contributed by atoms with Crippen LogP contribution in [0, 0.1) is 5.92 Å². The number of piperidine rings is 1. The van der Waals surface area contributed by atoms with Gasteiger partial charge in [0.1, 0.15) is 0 Å². The third-order valence-corrected chi connectivity index (χ3v) is 7.33. The summed E-state index contributed by atoms with van der Waals surface area (Å²) in [6.45, 7) is 1.11. The number of likely N-dealkylation sites (tertiary alicyclic amines) is 1. The number of alkyl halides is 2. The maximum Gasteiger partial charge on any atom is 0.252 e. The molecule has 5 nitrogen and oxygen atoms in total. The van der Waals surface area contributed by atoms with E-state index >= 15 is 4.39 Å². The summed E-state index contributed by atoms with van der Waals surface area (Å²) in [6.07, 6.45) is -0.0743. The molecule has 1 aromatic carbocycles. The second kappa shape index (κ2) is 4.76.